The Hall–Kier alpha value is -2.01. The standard InChI is InChI=1S/C14H14N4S/c1-9-3-2-4-11(16-9)8-19-14-17-12-6-5-10(15)7-13(12)18-14/h2-7H,8,15H2,1H3,(H,17,18). The van der Waals surface area contributed by atoms with Crippen molar-refractivity contribution in [1.82, 2.24) is 15.0 Å². The number of imidazole rings is 1. The molecule has 0 fully saturated rings. The minimum atomic E-state index is 0.744. The molecule has 3 aromatic rings. The molecule has 0 aliphatic rings. The maximum absolute atomic E-state index is 5.75. The minimum Gasteiger partial charge on any atom is -0.399 e. The van der Waals surface area contributed by atoms with Crippen LogP contribution < -0.4 is 5.73 Å². The van der Waals surface area contributed by atoms with Gasteiger partial charge in [0.1, 0.15) is 0 Å². The van der Waals surface area contributed by atoms with Crippen LogP contribution >= 0.6 is 11.8 Å². The summed E-state index contributed by atoms with van der Waals surface area (Å²) in [6.45, 7) is 2.00. The van der Waals surface area contributed by atoms with Crippen LogP contribution in [0.1, 0.15) is 11.4 Å². The predicted molar refractivity (Wildman–Crippen MR) is 79.0 cm³/mol. The number of aromatic nitrogens is 3. The molecule has 0 aliphatic carbocycles. The van der Waals surface area contributed by atoms with Crippen LogP contribution in [0.3, 0.4) is 0 Å². The van der Waals surface area contributed by atoms with E-state index in [0.717, 1.165) is 39.0 Å². The number of nitrogens with one attached hydrogen (secondary N) is 1. The Kier molecular flexibility index (Phi) is 3.13. The first-order valence-electron chi connectivity index (χ1n) is 6.01. The molecule has 0 bridgehead atoms. The number of H-pyrrole nitrogens is 1. The smallest absolute Gasteiger partial charge is 0.166 e. The van der Waals surface area contributed by atoms with E-state index in [1.807, 2.05) is 43.3 Å². The van der Waals surface area contributed by atoms with Crippen molar-refractivity contribution in [1.29, 1.82) is 0 Å². The number of nitrogens with zero attached hydrogens (tertiary/aromatic N) is 2. The van der Waals surface area contributed by atoms with Crippen LogP contribution in [-0.2, 0) is 5.75 Å². The first kappa shape index (κ1) is 12.0. The van der Waals surface area contributed by atoms with Crippen molar-refractivity contribution < 1.29 is 0 Å². The van der Waals surface area contributed by atoms with E-state index in [2.05, 4.69) is 15.0 Å². The lowest BCUT2D eigenvalue weighted by atomic mass is 10.3. The molecule has 0 aliphatic heterocycles. The molecule has 3 N–H and O–H groups in total. The first-order chi connectivity index (χ1) is 9.20. The monoisotopic (exact) mass is 270 g/mol. The summed E-state index contributed by atoms with van der Waals surface area (Å²) in [7, 11) is 0. The van der Waals surface area contributed by atoms with Gasteiger partial charge in [-0.1, -0.05) is 17.8 Å². The zero-order valence-electron chi connectivity index (χ0n) is 10.6. The van der Waals surface area contributed by atoms with Crippen LogP contribution in [-0.4, -0.2) is 15.0 Å². The van der Waals surface area contributed by atoms with Crippen molar-refractivity contribution in [2.45, 2.75) is 17.8 Å². The van der Waals surface area contributed by atoms with Gasteiger partial charge < -0.3 is 10.7 Å². The van der Waals surface area contributed by atoms with Crippen LogP contribution in [0, 0.1) is 6.92 Å². The third kappa shape index (κ3) is 2.71. The topological polar surface area (TPSA) is 67.6 Å². The fourth-order valence-electron chi connectivity index (χ4n) is 1.89. The zero-order valence-corrected chi connectivity index (χ0v) is 11.4. The lowest BCUT2D eigenvalue weighted by Crippen LogP contribution is -1.89. The van der Waals surface area contributed by atoms with Gasteiger partial charge in [-0.2, -0.15) is 0 Å². The highest BCUT2D eigenvalue weighted by Gasteiger charge is 2.04. The lowest BCUT2D eigenvalue weighted by Gasteiger charge is -1.99. The van der Waals surface area contributed by atoms with E-state index in [0.29, 0.717) is 0 Å². The van der Waals surface area contributed by atoms with Crippen molar-refractivity contribution in [2.24, 2.45) is 0 Å². The third-order valence-electron chi connectivity index (χ3n) is 2.79. The predicted octanol–water partition coefficient (Wildman–Crippen LogP) is 3.14. The fraction of sp³-hybridized carbons (Fsp3) is 0.143. The molecule has 0 spiro atoms. The zero-order chi connectivity index (χ0) is 13.2. The van der Waals surface area contributed by atoms with Gasteiger partial charge in [0, 0.05) is 17.1 Å². The van der Waals surface area contributed by atoms with E-state index in [-0.39, 0.29) is 0 Å². The van der Waals surface area contributed by atoms with Gasteiger partial charge in [0.15, 0.2) is 5.16 Å². The molecule has 19 heavy (non-hydrogen) atoms. The molecule has 0 saturated carbocycles. The second kappa shape index (κ2) is 4.93. The normalized spacial score (nSPS) is 11.0. The molecule has 1 aromatic carbocycles. The van der Waals surface area contributed by atoms with Crippen LogP contribution in [0.25, 0.3) is 11.0 Å². The van der Waals surface area contributed by atoms with Gasteiger partial charge in [-0.3, -0.25) is 4.98 Å². The van der Waals surface area contributed by atoms with E-state index in [4.69, 9.17) is 5.73 Å². The summed E-state index contributed by atoms with van der Waals surface area (Å²) >= 11 is 1.64. The van der Waals surface area contributed by atoms with Gasteiger partial charge in [0.05, 0.1) is 16.7 Å². The second-order valence-corrected chi connectivity index (χ2v) is 5.34. The maximum Gasteiger partial charge on any atom is 0.166 e. The molecular weight excluding hydrogens is 256 g/mol. The van der Waals surface area contributed by atoms with Crippen molar-refractivity contribution in [2.75, 3.05) is 5.73 Å². The molecule has 0 radical (unpaired) electrons. The number of nitrogen functional groups attached to an aromatic ring is 1. The number of nitrogens with two attached hydrogens (primary N) is 1. The molecule has 0 unspecified atom stereocenters. The van der Waals surface area contributed by atoms with Crippen molar-refractivity contribution in [3.8, 4) is 0 Å². The number of aryl methyl sites for hydroxylation is 1. The average Bonchev–Trinajstić information content (AvgIpc) is 2.78. The van der Waals surface area contributed by atoms with Gasteiger partial charge in [0.2, 0.25) is 0 Å². The quantitative estimate of drug-likeness (QED) is 0.566. The Morgan fingerprint density at radius 3 is 2.95 bits per heavy atom. The Balaban J connectivity index is 1.78. The van der Waals surface area contributed by atoms with Gasteiger partial charge in [-0.05, 0) is 37.3 Å². The molecular formula is C14H14N4S. The van der Waals surface area contributed by atoms with Gasteiger partial charge in [-0.25, -0.2) is 4.98 Å². The third-order valence-corrected chi connectivity index (χ3v) is 3.69. The number of anilines is 1. The van der Waals surface area contributed by atoms with Crippen molar-refractivity contribution in [3.63, 3.8) is 0 Å². The SMILES string of the molecule is Cc1cccc(CSc2nc3ccc(N)cc3[nH]2)n1. The highest BCUT2D eigenvalue weighted by Crippen LogP contribution is 2.23. The number of benzene rings is 1. The van der Waals surface area contributed by atoms with E-state index in [1.54, 1.807) is 11.8 Å². The van der Waals surface area contributed by atoms with E-state index >= 15 is 0 Å². The average molecular weight is 270 g/mol. The molecule has 3 rings (SSSR count). The summed E-state index contributed by atoms with van der Waals surface area (Å²) < 4.78 is 0. The number of rotatable bonds is 3. The molecule has 5 heteroatoms. The Labute approximate surface area is 115 Å². The molecule has 2 heterocycles. The maximum atomic E-state index is 5.75. The Bertz CT molecular complexity index is 720. The second-order valence-electron chi connectivity index (χ2n) is 4.38. The summed E-state index contributed by atoms with van der Waals surface area (Å²) in [6.07, 6.45) is 0. The van der Waals surface area contributed by atoms with Gasteiger partial charge in [-0.15, -0.1) is 0 Å². The number of fused-ring (bicyclic) bond motifs is 1. The number of aromatic amines is 1. The summed E-state index contributed by atoms with van der Waals surface area (Å²) in [5.41, 5.74) is 10.5. The summed E-state index contributed by atoms with van der Waals surface area (Å²) in [4.78, 5) is 12.3. The van der Waals surface area contributed by atoms with Gasteiger partial charge >= 0.3 is 0 Å². The summed E-state index contributed by atoms with van der Waals surface area (Å²) in [5.74, 6) is 0.803. The van der Waals surface area contributed by atoms with E-state index < -0.39 is 0 Å². The number of pyridine rings is 1. The molecule has 4 nitrogen and oxygen atoms in total. The van der Waals surface area contributed by atoms with Crippen LogP contribution in [0.2, 0.25) is 0 Å². The van der Waals surface area contributed by atoms with Crippen molar-refractivity contribution >= 4 is 28.5 Å². The molecule has 0 amide bonds. The number of hydrogen-bond acceptors (Lipinski definition) is 4. The van der Waals surface area contributed by atoms with Crippen molar-refractivity contribution in [3.05, 3.63) is 47.8 Å². The molecule has 96 valence electrons. The highest BCUT2D eigenvalue weighted by atomic mass is 32.2. The Morgan fingerprint density at radius 1 is 1.21 bits per heavy atom. The lowest BCUT2D eigenvalue weighted by molar-refractivity contribution is 1.06. The van der Waals surface area contributed by atoms with E-state index in [1.165, 1.54) is 0 Å². The van der Waals surface area contributed by atoms with Gasteiger partial charge in [0.25, 0.3) is 0 Å². The van der Waals surface area contributed by atoms with E-state index in [9.17, 15) is 0 Å². The number of hydrogen-bond donors (Lipinski definition) is 2. The van der Waals surface area contributed by atoms with Crippen LogP contribution in [0.5, 0.6) is 0 Å². The summed E-state index contributed by atoms with van der Waals surface area (Å²) in [5, 5.41) is 0.893. The molecule has 2 aromatic heterocycles. The minimum absolute atomic E-state index is 0.744. The summed E-state index contributed by atoms with van der Waals surface area (Å²) in [6, 6.07) is 11.7. The van der Waals surface area contributed by atoms with Crippen LogP contribution in [0.4, 0.5) is 5.69 Å². The highest BCUT2D eigenvalue weighted by molar-refractivity contribution is 7.98. The molecule has 0 saturated heterocycles. The molecule has 0 atom stereocenters. The van der Waals surface area contributed by atoms with Crippen LogP contribution in [0.15, 0.2) is 41.6 Å². The fourth-order valence-corrected chi connectivity index (χ4v) is 2.68. The Morgan fingerprint density at radius 2 is 2.11 bits per heavy atom. The number of thioether (sulfide) groups is 1. The largest absolute Gasteiger partial charge is 0.399 e. The first-order valence-corrected chi connectivity index (χ1v) is 7.00.